The molecular formula is C17H30O5. The molecule has 0 bridgehead atoms. The minimum Gasteiger partial charge on any atom is -0.481 e. The molecule has 0 saturated heterocycles. The fourth-order valence-electron chi connectivity index (χ4n) is 3.00. The topological polar surface area (TPSA) is 83.8 Å². The highest BCUT2D eigenvalue weighted by atomic mass is 16.5. The second-order valence-electron chi connectivity index (χ2n) is 6.98. The maximum absolute atomic E-state index is 12.0. The van der Waals surface area contributed by atoms with Crippen LogP contribution in [-0.2, 0) is 14.3 Å². The maximum Gasteiger partial charge on any atom is 0.309 e. The Morgan fingerprint density at radius 2 is 1.64 bits per heavy atom. The van der Waals surface area contributed by atoms with Crippen LogP contribution >= 0.6 is 0 Å². The zero-order valence-electron chi connectivity index (χ0n) is 13.8. The van der Waals surface area contributed by atoms with E-state index in [4.69, 9.17) is 9.84 Å². The number of carbonyl (C=O) groups is 2. The molecule has 0 radical (unpaired) electrons. The van der Waals surface area contributed by atoms with Crippen molar-refractivity contribution in [2.24, 2.45) is 11.8 Å². The molecule has 0 aromatic rings. The van der Waals surface area contributed by atoms with Gasteiger partial charge in [-0.3, -0.25) is 9.59 Å². The van der Waals surface area contributed by atoms with Crippen molar-refractivity contribution in [3.8, 4) is 0 Å². The Balaban J connectivity index is 2.16. The molecule has 5 nitrogen and oxygen atoms in total. The van der Waals surface area contributed by atoms with E-state index in [1.54, 1.807) is 13.8 Å². The first-order valence-electron chi connectivity index (χ1n) is 8.43. The van der Waals surface area contributed by atoms with Gasteiger partial charge in [-0.15, -0.1) is 0 Å². The van der Waals surface area contributed by atoms with Crippen LogP contribution < -0.4 is 0 Å². The first kappa shape index (κ1) is 18.9. The molecule has 22 heavy (non-hydrogen) atoms. The molecule has 1 rings (SSSR count). The van der Waals surface area contributed by atoms with E-state index in [0.717, 1.165) is 44.9 Å². The predicted molar refractivity (Wildman–Crippen MR) is 83.4 cm³/mol. The summed E-state index contributed by atoms with van der Waals surface area (Å²) < 4.78 is 5.26. The lowest BCUT2D eigenvalue weighted by atomic mass is 9.79. The van der Waals surface area contributed by atoms with Gasteiger partial charge in [-0.05, 0) is 39.5 Å². The van der Waals surface area contributed by atoms with Crippen LogP contribution in [0.25, 0.3) is 0 Å². The highest BCUT2D eigenvalue weighted by Gasteiger charge is 2.36. The fourth-order valence-corrected chi connectivity index (χ4v) is 3.00. The summed E-state index contributed by atoms with van der Waals surface area (Å²) in [6.07, 6.45) is 7.47. The Bertz CT molecular complexity index is 359. The standard InChI is InChI=1S/C17H30O5/c1-17(2,21)11-7-3-4-8-12-22-16(20)14-10-6-5-9-13(14)15(18)19/h13-14,21H,3-12H2,1-2H3,(H,18,19). The Morgan fingerprint density at radius 1 is 1.05 bits per heavy atom. The SMILES string of the molecule is CC(C)(O)CCCCCCOC(=O)C1CCCCC1C(=O)O. The lowest BCUT2D eigenvalue weighted by Gasteiger charge is -2.26. The minimum absolute atomic E-state index is 0.344. The number of hydrogen-bond donors (Lipinski definition) is 2. The van der Waals surface area contributed by atoms with Crippen molar-refractivity contribution >= 4 is 11.9 Å². The van der Waals surface area contributed by atoms with Gasteiger partial charge in [0.1, 0.15) is 0 Å². The molecule has 0 amide bonds. The number of unbranched alkanes of at least 4 members (excludes halogenated alkanes) is 3. The lowest BCUT2D eigenvalue weighted by Crippen LogP contribution is -2.33. The molecule has 5 heteroatoms. The van der Waals surface area contributed by atoms with Crippen LogP contribution in [0.3, 0.4) is 0 Å². The largest absolute Gasteiger partial charge is 0.481 e. The third-order valence-corrected chi connectivity index (χ3v) is 4.31. The van der Waals surface area contributed by atoms with E-state index in [2.05, 4.69) is 0 Å². The second kappa shape index (κ2) is 9.13. The molecule has 1 saturated carbocycles. The molecule has 128 valence electrons. The molecule has 0 heterocycles. The van der Waals surface area contributed by atoms with E-state index in [1.807, 2.05) is 0 Å². The summed E-state index contributed by atoms with van der Waals surface area (Å²) in [7, 11) is 0. The van der Waals surface area contributed by atoms with E-state index in [-0.39, 0.29) is 5.97 Å². The normalized spacial score (nSPS) is 22.3. The molecule has 1 aliphatic rings. The molecule has 0 aliphatic heterocycles. The molecule has 0 spiro atoms. The van der Waals surface area contributed by atoms with Gasteiger partial charge in [0.25, 0.3) is 0 Å². The monoisotopic (exact) mass is 314 g/mol. The Hall–Kier alpha value is -1.10. The number of carboxylic acids is 1. The van der Waals surface area contributed by atoms with Gasteiger partial charge in [-0.1, -0.05) is 32.1 Å². The van der Waals surface area contributed by atoms with Gasteiger partial charge < -0.3 is 14.9 Å². The molecule has 2 N–H and O–H groups in total. The second-order valence-corrected chi connectivity index (χ2v) is 6.98. The van der Waals surface area contributed by atoms with E-state index < -0.39 is 23.4 Å². The van der Waals surface area contributed by atoms with Gasteiger partial charge in [0.05, 0.1) is 24.0 Å². The van der Waals surface area contributed by atoms with Crippen LogP contribution in [0.1, 0.15) is 71.6 Å². The molecule has 1 fully saturated rings. The first-order valence-corrected chi connectivity index (χ1v) is 8.43. The van der Waals surface area contributed by atoms with Crippen LogP contribution in [0.5, 0.6) is 0 Å². The zero-order chi connectivity index (χ0) is 16.6. The number of carboxylic acid groups (broad SMARTS) is 1. The number of aliphatic carboxylic acids is 1. The van der Waals surface area contributed by atoms with E-state index in [1.165, 1.54) is 0 Å². The van der Waals surface area contributed by atoms with Crippen molar-refractivity contribution in [2.75, 3.05) is 6.61 Å². The number of hydrogen-bond acceptors (Lipinski definition) is 4. The minimum atomic E-state index is -0.881. The number of aliphatic hydroxyl groups is 1. The van der Waals surface area contributed by atoms with Gasteiger partial charge in [0.15, 0.2) is 0 Å². The molecule has 2 unspecified atom stereocenters. The van der Waals surface area contributed by atoms with Crippen molar-refractivity contribution in [2.45, 2.75) is 77.2 Å². The van der Waals surface area contributed by atoms with Crippen LogP contribution in [-0.4, -0.2) is 34.4 Å². The molecular weight excluding hydrogens is 284 g/mol. The summed E-state index contributed by atoms with van der Waals surface area (Å²) in [4.78, 5) is 23.2. The average molecular weight is 314 g/mol. The Kier molecular flexibility index (Phi) is 7.87. The highest BCUT2D eigenvalue weighted by molar-refractivity contribution is 5.81. The van der Waals surface area contributed by atoms with E-state index in [0.29, 0.717) is 19.4 Å². The summed E-state index contributed by atoms with van der Waals surface area (Å²) in [5.41, 5.74) is -0.612. The summed E-state index contributed by atoms with van der Waals surface area (Å²) in [6.45, 7) is 3.97. The Labute approximate surface area is 133 Å². The lowest BCUT2D eigenvalue weighted by molar-refractivity contribution is -0.159. The van der Waals surface area contributed by atoms with Crippen LogP contribution in [0.2, 0.25) is 0 Å². The number of carbonyl (C=O) groups excluding carboxylic acids is 1. The van der Waals surface area contributed by atoms with Crippen molar-refractivity contribution in [1.29, 1.82) is 0 Å². The van der Waals surface area contributed by atoms with Crippen molar-refractivity contribution in [1.82, 2.24) is 0 Å². The zero-order valence-corrected chi connectivity index (χ0v) is 13.8. The van der Waals surface area contributed by atoms with Crippen LogP contribution in [0, 0.1) is 11.8 Å². The summed E-state index contributed by atoms with van der Waals surface area (Å²) >= 11 is 0. The third kappa shape index (κ3) is 7.25. The highest BCUT2D eigenvalue weighted by Crippen LogP contribution is 2.31. The molecule has 1 aliphatic carbocycles. The average Bonchev–Trinajstić information content (AvgIpc) is 2.44. The first-order chi connectivity index (χ1) is 10.3. The summed E-state index contributed by atoms with van der Waals surface area (Å²) in [5.74, 6) is -2.27. The number of esters is 1. The van der Waals surface area contributed by atoms with Crippen molar-refractivity contribution < 1.29 is 24.5 Å². The smallest absolute Gasteiger partial charge is 0.309 e. The number of rotatable bonds is 9. The van der Waals surface area contributed by atoms with Gasteiger partial charge in [-0.25, -0.2) is 0 Å². The van der Waals surface area contributed by atoms with Crippen LogP contribution in [0.4, 0.5) is 0 Å². The van der Waals surface area contributed by atoms with E-state index >= 15 is 0 Å². The predicted octanol–water partition coefficient (Wildman–Crippen LogP) is 3.14. The summed E-state index contributed by atoms with van der Waals surface area (Å²) in [5, 5.41) is 18.8. The Morgan fingerprint density at radius 3 is 2.23 bits per heavy atom. The van der Waals surface area contributed by atoms with Gasteiger partial charge in [0, 0.05) is 0 Å². The molecule has 0 aromatic heterocycles. The van der Waals surface area contributed by atoms with E-state index in [9.17, 15) is 14.7 Å². The van der Waals surface area contributed by atoms with Gasteiger partial charge in [0.2, 0.25) is 0 Å². The summed E-state index contributed by atoms with van der Waals surface area (Å²) in [6, 6.07) is 0. The van der Waals surface area contributed by atoms with Crippen LogP contribution in [0.15, 0.2) is 0 Å². The molecule has 2 atom stereocenters. The van der Waals surface area contributed by atoms with Gasteiger partial charge >= 0.3 is 11.9 Å². The number of ether oxygens (including phenoxy) is 1. The quantitative estimate of drug-likeness (QED) is 0.504. The fraction of sp³-hybridized carbons (Fsp3) is 0.882. The van der Waals surface area contributed by atoms with Crippen molar-refractivity contribution in [3.63, 3.8) is 0 Å². The van der Waals surface area contributed by atoms with Crippen molar-refractivity contribution in [3.05, 3.63) is 0 Å². The molecule has 0 aromatic carbocycles. The third-order valence-electron chi connectivity index (χ3n) is 4.31. The maximum atomic E-state index is 12.0. The van der Waals surface area contributed by atoms with Gasteiger partial charge in [-0.2, -0.15) is 0 Å².